The van der Waals surface area contributed by atoms with Crippen LogP contribution in [0.25, 0.3) is 6.08 Å². The summed E-state index contributed by atoms with van der Waals surface area (Å²) >= 11 is 0. The lowest BCUT2D eigenvalue weighted by molar-refractivity contribution is 0.0969. The van der Waals surface area contributed by atoms with Crippen molar-refractivity contribution in [3.05, 3.63) is 90.5 Å². The van der Waals surface area contributed by atoms with E-state index in [4.69, 9.17) is 0 Å². The molecule has 1 heteroatoms. The van der Waals surface area contributed by atoms with Crippen LogP contribution < -0.4 is 0 Å². The second-order valence-electron chi connectivity index (χ2n) is 5.09. The van der Waals surface area contributed by atoms with E-state index >= 15 is 0 Å². The fourth-order valence-electron chi connectivity index (χ4n) is 2.31. The van der Waals surface area contributed by atoms with Crippen molar-refractivity contribution in [2.75, 3.05) is 0 Å². The first-order valence-corrected chi connectivity index (χ1v) is 6.77. The van der Waals surface area contributed by atoms with Crippen molar-refractivity contribution in [2.45, 2.75) is 18.4 Å². The van der Waals surface area contributed by atoms with Crippen LogP contribution in [-0.4, -0.2) is 10.7 Å². The molecule has 2 unspecified atom stereocenters. The Balaban J connectivity index is 2.24. The molecular formula is C19H20O. The molecule has 0 saturated heterocycles. The minimum atomic E-state index is -0.973. The highest BCUT2D eigenvalue weighted by molar-refractivity contribution is 5.51. The molecule has 0 aliphatic rings. The Bertz CT molecular complexity index is 567. The van der Waals surface area contributed by atoms with Crippen LogP contribution in [0.2, 0.25) is 0 Å². The zero-order chi connectivity index (χ0) is 14.4. The number of hydrogen-bond donors (Lipinski definition) is 1. The summed E-state index contributed by atoms with van der Waals surface area (Å²) in [6.45, 7) is 5.68. The summed E-state index contributed by atoms with van der Waals surface area (Å²) in [6, 6.07) is 19.9. The fourth-order valence-corrected chi connectivity index (χ4v) is 2.31. The van der Waals surface area contributed by atoms with Gasteiger partial charge in [-0.05, 0) is 18.1 Å². The van der Waals surface area contributed by atoms with Gasteiger partial charge in [-0.3, -0.25) is 0 Å². The normalized spacial score (nSPS) is 15.7. The van der Waals surface area contributed by atoms with E-state index in [1.54, 1.807) is 6.08 Å². The average molecular weight is 264 g/mol. The topological polar surface area (TPSA) is 20.2 Å². The third-order valence-electron chi connectivity index (χ3n) is 3.44. The molecule has 0 spiro atoms. The predicted molar refractivity (Wildman–Crippen MR) is 85.5 cm³/mol. The van der Waals surface area contributed by atoms with Crippen molar-refractivity contribution in [2.24, 2.45) is 0 Å². The van der Waals surface area contributed by atoms with Gasteiger partial charge in [0.05, 0.1) is 5.60 Å². The van der Waals surface area contributed by atoms with Crippen molar-refractivity contribution in [3.63, 3.8) is 0 Å². The van der Waals surface area contributed by atoms with Gasteiger partial charge in [-0.15, -0.1) is 6.58 Å². The summed E-state index contributed by atoms with van der Waals surface area (Å²) in [5, 5.41) is 10.7. The molecule has 102 valence electrons. The molecule has 0 fully saturated rings. The van der Waals surface area contributed by atoms with Crippen LogP contribution in [0.15, 0.2) is 79.4 Å². The highest BCUT2D eigenvalue weighted by Crippen LogP contribution is 2.30. The van der Waals surface area contributed by atoms with Crippen molar-refractivity contribution < 1.29 is 5.11 Å². The van der Waals surface area contributed by atoms with Crippen LogP contribution in [0.1, 0.15) is 24.0 Å². The van der Waals surface area contributed by atoms with Gasteiger partial charge in [0.1, 0.15) is 0 Å². The smallest absolute Gasteiger partial charge is 0.0905 e. The van der Waals surface area contributed by atoms with Crippen LogP contribution in [0, 0.1) is 0 Å². The van der Waals surface area contributed by atoms with Crippen molar-refractivity contribution in [1.29, 1.82) is 0 Å². The molecule has 0 aliphatic heterocycles. The predicted octanol–water partition coefficient (Wildman–Crippen LogP) is 4.42. The Kier molecular flexibility index (Phi) is 4.54. The first-order valence-electron chi connectivity index (χ1n) is 6.77. The minimum Gasteiger partial charge on any atom is -0.385 e. The van der Waals surface area contributed by atoms with E-state index in [0.29, 0.717) is 0 Å². The van der Waals surface area contributed by atoms with Crippen LogP contribution in [0.3, 0.4) is 0 Å². The van der Waals surface area contributed by atoms with E-state index < -0.39 is 5.60 Å². The Morgan fingerprint density at radius 3 is 2.10 bits per heavy atom. The van der Waals surface area contributed by atoms with E-state index in [1.165, 1.54) is 0 Å². The number of hydrogen-bond acceptors (Lipinski definition) is 1. The van der Waals surface area contributed by atoms with Gasteiger partial charge in [-0.2, -0.15) is 0 Å². The first-order chi connectivity index (χ1) is 9.63. The largest absolute Gasteiger partial charge is 0.385 e. The van der Waals surface area contributed by atoms with Gasteiger partial charge in [-0.25, -0.2) is 0 Å². The summed E-state index contributed by atoms with van der Waals surface area (Å²) in [6.07, 6.45) is 5.58. The molecule has 0 bridgehead atoms. The van der Waals surface area contributed by atoms with E-state index in [2.05, 4.69) is 6.58 Å². The molecule has 0 aromatic heterocycles. The summed E-state index contributed by atoms with van der Waals surface area (Å²) in [7, 11) is 0. The van der Waals surface area contributed by atoms with Crippen molar-refractivity contribution in [3.8, 4) is 0 Å². The molecule has 1 N–H and O–H groups in total. The maximum Gasteiger partial charge on any atom is 0.0905 e. The quantitative estimate of drug-likeness (QED) is 0.792. The standard InChI is InChI=1S/C19H20O/c1-3-18(17-12-8-5-9-13-17)19(2,20)15-14-16-10-6-4-7-11-16/h3-15,18,20H,1H2,2H3/b15-14+. The van der Waals surface area contributed by atoms with Gasteiger partial charge in [0.25, 0.3) is 0 Å². The van der Waals surface area contributed by atoms with Crippen LogP contribution >= 0.6 is 0 Å². The molecule has 2 aromatic rings. The van der Waals surface area contributed by atoms with E-state index in [0.717, 1.165) is 11.1 Å². The molecule has 0 amide bonds. The summed E-state index contributed by atoms with van der Waals surface area (Å²) in [5.74, 6) is -0.135. The number of rotatable bonds is 5. The Morgan fingerprint density at radius 1 is 1.00 bits per heavy atom. The Morgan fingerprint density at radius 2 is 1.55 bits per heavy atom. The maximum atomic E-state index is 10.7. The molecular weight excluding hydrogens is 244 g/mol. The summed E-state index contributed by atoms with van der Waals surface area (Å²) in [4.78, 5) is 0. The van der Waals surface area contributed by atoms with Gasteiger partial charge >= 0.3 is 0 Å². The van der Waals surface area contributed by atoms with E-state index in [9.17, 15) is 5.11 Å². The number of aliphatic hydroxyl groups is 1. The van der Waals surface area contributed by atoms with Crippen LogP contribution in [0.4, 0.5) is 0 Å². The van der Waals surface area contributed by atoms with Crippen LogP contribution in [-0.2, 0) is 0 Å². The molecule has 2 rings (SSSR count). The van der Waals surface area contributed by atoms with Gasteiger partial charge in [0.15, 0.2) is 0 Å². The Hall–Kier alpha value is -2.12. The minimum absolute atomic E-state index is 0.135. The Labute approximate surface area is 120 Å². The highest BCUT2D eigenvalue weighted by Gasteiger charge is 2.27. The zero-order valence-electron chi connectivity index (χ0n) is 11.7. The van der Waals surface area contributed by atoms with E-state index in [1.807, 2.05) is 79.7 Å². The lowest BCUT2D eigenvalue weighted by Crippen LogP contribution is -2.29. The monoisotopic (exact) mass is 264 g/mol. The molecule has 2 atom stereocenters. The van der Waals surface area contributed by atoms with Gasteiger partial charge in [0.2, 0.25) is 0 Å². The third-order valence-corrected chi connectivity index (χ3v) is 3.44. The number of benzene rings is 2. The molecule has 0 radical (unpaired) electrons. The van der Waals surface area contributed by atoms with Crippen molar-refractivity contribution >= 4 is 6.08 Å². The van der Waals surface area contributed by atoms with Gasteiger partial charge in [0, 0.05) is 5.92 Å². The van der Waals surface area contributed by atoms with Gasteiger partial charge < -0.3 is 5.11 Å². The van der Waals surface area contributed by atoms with Gasteiger partial charge in [-0.1, -0.05) is 78.9 Å². The second kappa shape index (κ2) is 6.36. The summed E-state index contributed by atoms with van der Waals surface area (Å²) < 4.78 is 0. The second-order valence-corrected chi connectivity index (χ2v) is 5.09. The van der Waals surface area contributed by atoms with E-state index in [-0.39, 0.29) is 5.92 Å². The van der Waals surface area contributed by atoms with Crippen LogP contribution in [0.5, 0.6) is 0 Å². The molecule has 0 aliphatic carbocycles. The van der Waals surface area contributed by atoms with Crippen molar-refractivity contribution in [1.82, 2.24) is 0 Å². The molecule has 2 aromatic carbocycles. The first kappa shape index (κ1) is 14.3. The average Bonchev–Trinajstić information content (AvgIpc) is 2.48. The summed E-state index contributed by atoms with van der Waals surface area (Å²) in [5.41, 5.74) is 1.16. The maximum absolute atomic E-state index is 10.7. The molecule has 1 nitrogen and oxygen atoms in total. The SMILES string of the molecule is C=CC(c1ccccc1)C(C)(O)/C=C/c1ccccc1. The lowest BCUT2D eigenvalue weighted by atomic mass is 9.83. The molecule has 0 heterocycles. The third kappa shape index (κ3) is 3.46. The fraction of sp³-hybridized carbons (Fsp3) is 0.158. The molecule has 0 saturated carbocycles. The molecule has 20 heavy (non-hydrogen) atoms. The lowest BCUT2D eigenvalue weighted by Gasteiger charge is -2.28. The highest BCUT2D eigenvalue weighted by atomic mass is 16.3. The zero-order valence-corrected chi connectivity index (χ0v) is 11.7.